The van der Waals surface area contributed by atoms with Crippen LogP contribution in [0.4, 0.5) is 0 Å². The Morgan fingerprint density at radius 1 is 1.21 bits per heavy atom. The molecule has 3 atom stereocenters. The lowest BCUT2D eigenvalue weighted by molar-refractivity contribution is -0.189. The minimum Gasteiger partial charge on any atom is -0.431 e. The minimum absolute atomic E-state index is 0.0442. The molecule has 0 spiro atoms. The number of rotatable bonds is 11. The van der Waals surface area contributed by atoms with Crippen LogP contribution in [0.15, 0.2) is 50.7 Å². The van der Waals surface area contributed by atoms with Crippen LogP contribution in [0.3, 0.4) is 0 Å². The van der Waals surface area contributed by atoms with Crippen LogP contribution in [0.5, 0.6) is 0 Å². The maximum Gasteiger partial charge on any atom is 0.340 e. The second-order valence-corrected chi connectivity index (χ2v) is 12.3. The molecule has 0 bridgehead atoms. The maximum atomic E-state index is 14.1. The Balaban J connectivity index is 1.48. The highest BCUT2D eigenvalue weighted by Gasteiger charge is 2.30. The summed E-state index contributed by atoms with van der Waals surface area (Å²) in [6.07, 6.45) is 7.13. The summed E-state index contributed by atoms with van der Waals surface area (Å²) >= 11 is 7.97. The van der Waals surface area contributed by atoms with E-state index in [1.807, 2.05) is 31.2 Å². The Kier molecular flexibility index (Phi) is 8.73. The monoisotopic (exact) mass is 612 g/mol. The third-order valence-corrected chi connectivity index (χ3v) is 9.74. The van der Waals surface area contributed by atoms with Gasteiger partial charge >= 0.3 is 11.7 Å². The highest BCUT2D eigenvalue weighted by Crippen LogP contribution is 2.37. The Morgan fingerprint density at radius 2 is 2.05 bits per heavy atom. The van der Waals surface area contributed by atoms with E-state index in [1.54, 1.807) is 0 Å². The summed E-state index contributed by atoms with van der Waals surface area (Å²) in [7, 11) is 0. The molecule has 0 saturated carbocycles. The normalized spacial score (nSPS) is 19.0. The van der Waals surface area contributed by atoms with Crippen LogP contribution in [0.2, 0.25) is 5.02 Å². The van der Waals surface area contributed by atoms with Gasteiger partial charge < -0.3 is 23.6 Å². The summed E-state index contributed by atoms with van der Waals surface area (Å²) in [5.74, 6) is 0. The Labute approximate surface area is 251 Å². The van der Waals surface area contributed by atoms with Crippen LogP contribution in [0.1, 0.15) is 60.3 Å². The summed E-state index contributed by atoms with van der Waals surface area (Å²) in [5, 5.41) is 0.984. The van der Waals surface area contributed by atoms with Crippen LogP contribution in [0.25, 0.3) is 16.2 Å². The second kappa shape index (κ2) is 12.6. The van der Waals surface area contributed by atoms with Crippen LogP contribution >= 0.6 is 22.9 Å². The standard InChI is InChI=1S/C30H33ClN4O6S/c1-19-24(17-23(21-7-2-3-8-22(21)31)41-25-9-4-5-15-39-25)42-28-26(19)27(37)34(20(10-14-36)18-33-12-6-13-33)30(38)35(28)29-32-11-16-40-29/h2-3,7-8,11,14,16,20,23,25H,4-6,9-10,12-13,15,17-18H2,1H3/t20?,23-,25?/m1/s1. The van der Waals surface area contributed by atoms with Crippen molar-refractivity contribution in [2.45, 2.75) is 63.9 Å². The Bertz CT molecular complexity index is 1670. The molecular formula is C30H33ClN4O6S. The van der Waals surface area contributed by atoms with E-state index in [1.165, 1.54) is 32.9 Å². The van der Waals surface area contributed by atoms with Gasteiger partial charge in [0.25, 0.3) is 5.56 Å². The minimum atomic E-state index is -0.612. The van der Waals surface area contributed by atoms with Gasteiger partial charge in [0, 0.05) is 35.9 Å². The lowest BCUT2D eigenvalue weighted by Gasteiger charge is -2.34. The molecule has 4 aromatic rings. The van der Waals surface area contributed by atoms with Crippen molar-refractivity contribution in [2.75, 3.05) is 26.2 Å². The van der Waals surface area contributed by atoms with Crippen molar-refractivity contribution in [1.29, 1.82) is 0 Å². The molecule has 6 rings (SSSR count). The first-order valence-corrected chi connectivity index (χ1v) is 15.5. The fourth-order valence-corrected chi connectivity index (χ4v) is 7.31. The second-order valence-electron chi connectivity index (χ2n) is 10.8. The van der Waals surface area contributed by atoms with E-state index in [0.717, 1.165) is 61.1 Å². The van der Waals surface area contributed by atoms with Gasteiger partial charge in [0.1, 0.15) is 17.4 Å². The number of hydrogen-bond donors (Lipinski definition) is 0. The highest BCUT2D eigenvalue weighted by molar-refractivity contribution is 7.18. The number of carbonyl (C=O) groups is 1. The molecule has 0 N–H and O–H groups in total. The molecule has 12 heteroatoms. The van der Waals surface area contributed by atoms with Gasteiger partial charge in [-0.05, 0) is 62.9 Å². The first kappa shape index (κ1) is 29.0. The zero-order valence-electron chi connectivity index (χ0n) is 23.4. The van der Waals surface area contributed by atoms with Gasteiger partial charge in [-0.25, -0.2) is 14.3 Å². The molecule has 10 nitrogen and oxygen atoms in total. The number of aryl methyl sites for hydroxylation is 1. The van der Waals surface area contributed by atoms with E-state index in [4.69, 9.17) is 25.5 Å². The molecule has 3 aromatic heterocycles. The molecule has 0 aliphatic carbocycles. The molecule has 1 aromatic carbocycles. The van der Waals surface area contributed by atoms with Gasteiger partial charge in [0.2, 0.25) is 0 Å². The average Bonchev–Trinajstić information content (AvgIpc) is 3.60. The van der Waals surface area contributed by atoms with Crippen LogP contribution < -0.4 is 11.2 Å². The Morgan fingerprint density at radius 3 is 2.71 bits per heavy atom. The molecule has 222 valence electrons. The van der Waals surface area contributed by atoms with E-state index in [9.17, 15) is 14.4 Å². The molecule has 2 fully saturated rings. The van der Waals surface area contributed by atoms with Crippen molar-refractivity contribution >= 4 is 39.4 Å². The number of nitrogens with zero attached hydrogens (tertiary/aromatic N) is 4. The summed E-state index contributed by atoms with van der Waals surface area (Å²) < 4.78 is 20.5. The molecular weight excluding hydrogens is 580 g/mol. The molecule has 2 unspecified atom stereocenters. The van der Waals surface area contributed by atoms with Crippen LogP contribution in [0, 0.1) is 6.92 Å². The number of aldehydes is 1. The predicted molar refractivity (Wildman–Crippen MR) is 160 cm³/mol. The number of halogens is 1. The molecule has 2 aliphatic heterocycles. The topological polar surface area (TPSA) is 109 Å². The van der Waals surface area contributed by atoms with Gasteiger partial charge in [-0.3, -0.25) is 9.36 Å². The third-order valence-electron chi connectivity index (χ3n) is 8.10. The zero-order chi connectivity index (χ0) is 29.2. The number of ether oxygens (including phenoxy) is 2. The molecule has 0 radical (unpaired) electrons. The van der Waals surface area contributed by atoms with E-state index < -0.39 is 23.4 Å². The lowest BCUT2D eigenvalue weighted by Crippen LogP contribution is -2.48. The summed E-state index contributed by atoms with van der Waals surface area (Å²) in [6.45, 7) is 4.70. The van der Waals surface area contributed by atoms with Crippen LogP contribution in [-0.4, -0.2) is 57.8 Å². The first-order chi connectivity index (χ1) is 20.5. The van der Waals surface area contributed by atoms with E-state index in [2.05, 4.69) is 9.88 Å². The van der Waals surface area contributed by atoms with Crippen molar-refractivity contribution in [3.05, 3.63) is 78.6 Å². The van der Waals surface area contributed by atoms with E-state index in [0.29, 0.717) is 34.8 Å². The molecule has 42 heavy (non-hydrogen) atoms. The SMILES string of the molecule is Cc1c(C[C@@H](OC2CCCCO2)c2ccccc2Cl)sc2c1c(=O)n(C(CC=O)CN1CCC1)c(=O)n2-c1ncco1. The van der Waals surface area contributed by atoms with Gasteiger partial charge in [0.05, 0.1) is 23.7 Å². The van der Waals surface area contributed by atoms with Gasteiger partial charge in [-0.15, -0.1) is 11.3 Å². The molecule has 2 aliphatic rings. The maximum absolute atomic E-state index is 14.1. The van der Waals surface area contributed by atoms with Crippen molar-refractivity contribution < 1.29 is 18.7 Å². The predicted octanol–water partition coefficient (Wildman–Crippen LogP) is 4.83. The van der Waals surface area contributed by atoms with Crippen molar-refractivity contribution in [3.8, 4) is 6.01 Å². The van der Waals surface area contributed by atoms with Gasteiger partial charge in [0.15, 0.2) is 6.29 Å². The summed E-state index contributed by atoms with van der Waals surface area (Å²) in [4.78, 5) is 47.5. The summed E-state index contributed by atoms with van der Waals surface area (Å²) in [5.41, 5.74) is 0.571. The number of aromatic nitrogens is 3. The highest BCUT2D eigenvalue weighted by atomic mass is 35.5. The van der Waals surface area contributed by atoms with Crippen molar-refractivity contribution in [2.24, 2.45) is 0 Å². The molecule has 2 saturated heterocycles. The van der Waals surface area contributed by atoms with Crippen molar-refractivity contribution in [3.63, 3.8) is 0 Å². The number of thiophene rings is 1. The van der Waals surface area contributed by atoms with Gasteiger partial charge in [-0.1, -0.05) is 29.8 Å². The number of carbonyl (C=O) groups excluding carboxylic acids is 1. The summed E-state index contributed by atoms with van der Waals surface area (Å²) in [6, 6.07) is 7.01. The zero-order valence-corrected chi connectivity index (χ0v) is 24.9. The van der Waals surface area contributed by atoms with Crippen molar-refractivity contribution in [1.82, 2.24) is 19.0 Å². The van der Waals surface area contributed by atoms with E-state index >= 15 is 0 Å². The molecule has 5 heterocycles. The number of hydrogen-bond acceptors (Lipinski definition) is 9. The number of benzene rings is 1. The lowest BCUT2D eigenvalue weighted by atomic mass is 10.0. The number of oxazole rings is 1. The fourth-order valence-electron chi connectivity index (χ4n) is 5.74. The number of fused-ring (bicyclic) bond motifs is 1. The number of likely N-dealkylation sites (tertiary alicyclic amines) is 1. The Hall–Kier alpha value is -3.09. The quantitative estimate of drug-likeness (QED) is 0.222. The first-order valence-electron chi connectivity index (χ1n) is 14.3. The largest absolute Gasteiger partial charge is 0.431 e. The smallest absolute Gasteiger partial charge is 0.340 e. The van der Waals surface area contributed by atoms with Crippen LogP contribution in [-0.2, 0) is 20.7 Å². The average molecular weight is 613 g/mol. The van der Waals surface area contributed by atoms with Gasteiger partial charge in [-0.2, -0.15) is 0 Å². The molecule has 0 amide bonds. The van der Waals surface area contributed by atoms with E-state index in [-0.39, 0.29) is 18.7 Å². The third kappa shape index (κ3) is 5.63. The fraction of sp³-hybridized carbons (Fsp3) is 0.467.